The summed E-state index contributed by atoms with van der Waals surface area (Å²) < 4.78 is 4.51. The molecule has 4 nitrogen and oxygen atoms in total. The molecule has 1 atom stereocenters. The average Bonchev–Trinajstić information content (AvgIpc) is 1.64. The maximum absolute atomic E-state index is 10.3. The van der Waals surface area contributed by atoms with Gasteiger partial charge in [0.2, 0.25) is 0 Å². The molecular formula is C4H8N2O2. The fourth-order valence-corrected chi connectivity index (χ4v) is 0.555. The van der Waals surface area contributed by atoms with Gasteiger partial charge in [0, 0.05) is 13.0 Å². The highest BCUT2D eigenvalue weighted by Gasteiger charge is 2.14. The maximum atomic E-state index is 10.3. The standard InChI is InChI=1S/C4H8N2O2/c5-3-1-2-6-4(7)8-3/h3H,1-2,5H2,(H,6,7). The Kier molecular flexibility index (Phi) is 1.34. The first-order valence-corrected chi connectivity index (χ1v) is 2.49. The Balaban J connectivity index is 2.34. The zero-order valence-corrected chi connectivity index (χ0v) is 4.39. The lowest BCUT2D eigenvalue weighted by Crippen LogP contribution is -2.41. The summed E-state index contributed by atoms with van der Waals surface area (Å²) in [6, 6.07) is 0. The summed E-state index contributed by atoms with van der Waals surface area (Å²) in [7, 11) is 0. The highest BCUT2D eigenvalue weighted by Crippen LogP contribution is 1.95. The molecular weight excluding hydrogens is 108 g/mol. The fraction of sp³-hybridized carbons (Fsp3) is 0.750. The van der Waals surface area contributed by atoms with Crippen molar-refractivity contribution in [1.82, 2.24) is 5.32 Å². The van der Waals surface area contributed by atoms with Crippen LogP contribution in [-0.4, -0.2) is 18.9 Å². The van der Waals surface area contributed by atoms with E-state index in [1.165, 1.54) is 0 Å². The van der Waals surface area contributed by atoms with Crippen LogP contribution in [0.5, 0.6) is 0 Å². The molecule has 1 rings (SSSR count). The van der Waals surface area contributed by atoms with Gasteiger partial charge in [0.25, 0.3) is 0 Å². The molecule has 1 unspecified atom stereocenters. The third-order valence-corrected chi connectivity index (χ3v) is 0.957. The Labute approximate surface area is 47.0 Å². The van der Waals surface area contributed by atoms with Crippen molar-refractivity contribution < 1.29 is 9.53 Å². The average molecular weight is 116 g/mol. The molecule has 0 bridgehead atoms. The van der Waals surface area contributed by atoms with E-state index in [4.69, 9.17) is 5.73 Å². The Morgan fingerprint density at radius 3 is 3.00 bits per heavy atom. The van der Waals surface area contributed by atoms with Gasteiger partial charge in [0.1, 0.15) is 0 Å². The zero-order valence-electron chi connectivity index (χ0n) is 4.39. The van der Waals surface area contributed by atoms with Gasteiger partial charge in [-0.15, -0.1) is 0 Å². The number of ether oxygens (including phenoxy) is 1. The Bertz CT molecular complexity index is 104. The summed E-state index contributed by atoms with van der Waals surface area (Å²) in [5.41, 5.74) is 5.24. The zero-order chi connectivity index (χ0) is 5.98. The summed E-state index contributed by atoms with van der Waals surface area (Å²) in [6.07, 6.45) is -0.112. The van der Waals surface area contributed by atoms with E-state index in [-0.39, 0.29) is 0 Å². The van der Waals surface area contributed by atoms with Crippen LogP contribution in [-0.2, 0) is 4.74 Å². The molecule has 0 aliphatic carbocycles. The van der Waals surface area contributed by atoms with Crippen molar-refractivity contribution in [2.45, 2.75) is 12.6 Å². The first kappa shape index (κ1) is 5.37. The molecule has 0 radical (unpaired) electrons. The van der Waals surface area contributed by atoms with Gasteiger partial charge in [0.15, 0.2) is 6.23 Å². The van der Waals surface area contributed by atoms with Crippen LogP contribution in [0.2, 0.25) is 0 Å². The van der Waals surface area contributed by atoms with E-state index in [0.29, 0.717) is 13.0 Å². The second kappa shape index (κ2) is 2.00. The van der Waals surface area contributed by atoms with Crippen molar-refractivity contribution in [3.05, 3.63) is 0 Å². The molecule has 0 saturated carbocycles. The van der Waals surface area contributed by atoms with E-state index in [1.54, 1.807) is 0 Å². The molecule has 0 aromatic rings. The minimum Gasteiger partial charge on any atom is -0.431 e. The smallest absolute Gasteiger partial charge is 0.408 e. The van der Waals surface area contributed by atoms with Gasteiger partial charge < -0.3 is 10.1 Å². The van der Waals surface area contributed by atoms with E-state index in [1.807, 2.05) is 0 Å². The second-order valence-corrected chi connectivity index (χ2v) is 1.66. The van der Waals surface area contributed by atoms with Gasteiger partial charge in [-0.25, -0.2) is 4.79 Å². The van der Waals surface area contributed by atoms with Gasteiger partial charge in [-0.2, -0.15) is 0 Å². The fourth-order valence-electron chi connectivity index (χ4n) is 0.555. The lowest BCUT2D eigenvalue weighted by molar-refractivity contribution is 0.0778. The number of nitrogens with one attached hydrogen (secondary N) is 1. The molecule has 1 amide bonds. The summed E-state index contributed by atoms with van der Waals surface area (Å²) >= 11 is 0. The Hall–Kier alpha value is -0.770. The quantitative estimate of drug-likeness (QED) is 0.444. The highest BCUT2D eigenvalue weighted by molar-refractivity contribution is 5.67. The van der Waals surface area contributed by atoms with Gasteiger partial charge in [-0.1, -0.05) is 0 Å². The van der Waals surface area contributed by atoms with Gasteiger partial charge >= 0.3 is 6.09 Å². The number of hydrogen-bond donors (Lipinski definition) is 2. The van der Waals surface area contributed by atoms with Crippen molar-refractivity contribution in [2.24, 2.45) is 5.73 Å². The van der Waals surface area contributed by atoms with Gasteiger partial charge in [-0.3, -0.25) is 5.73 Å². The number of alkyl carbamates (subject to hydrolysis) is 1. The summed E-state index contributed by atoms with van der Waals surface area (Å²) in [6.45, 7) is 0.625. The van der Waals surface area contributed by atoms with Crippen LogP contribution in [0.25, 0.3) is 0 Å². The second-order valence-electron chi connectivity index (χ2n) is 1.66. The lowest BCUT2D eigenvalue weighted by Gasteiger charge is -2.18. The molecule has 0 aromatic heterocycles. The first-order chi connectivity index (χ1) is 3.79. The molecule has 1 aliphatic heterocycles. The van der Waals surface area contributed by atoms with Gasteiger partial charge in [0.05, 0.1) is 0 Å². The van der Waals surface area contributed by atoms with E-state index in [9.17, 15) is 4.79 Å². The van der Waals surface area contributed by atoms with Crippen molar-refractivity contribution in [1.29, 1.82) is 0 Å². The van der Waals surface area contributed by atoms with Crippen LogP contribution >= 0.6 is 0 Å². The molecule has 4 heteroatoms. The molecule has 1 aliphatic rings. The largest absolute Gasteiger partial charge is 0.431 e. The normalized spacial score (nSPS) is 28.6. The van der Waals surface area contributed by atoms with Crippen LogP contribution in [0.1, 0.15) is 6.42 Å². The number of rotatable bonds is 0. The molecule has 8 heavy (non-hydrogen) atoms. The Morgan fingerprint density at radius 2 is 2.62 bits per heavy atom. The molecule has 46 valence electrons. The molecule has 0 spiro atoms. The molecule has 1 fully saturated rings. The van der Waals surface area contributed by atoms with Gasteiger partial charge in [-0.05, 0) is 0 Å². The van der Waals surface area contributed by atoms with E-state index in [2.05, 4.69) is 10.1 Å². The third kappa shape index (κ3) is 1.10. The number of carbonyl (C=O) groups is 1. The molecule has 1 heterocycles. The third-order valence-electron chi connectivity index (χ3n) is 0.957. The minimum absolute atomic E-state index is 0.399. The van der Waals surface area contributed by atoms with Crippen molar-refractivity contribution >= 4 is 6.09 Å². The van der Waals surface area contributed by atoms with Crippen LogP contribution in [0.3, 0.4) is 0 Å². The predicted octanol–water partition coefficient (Wildman–Crippen LogP) is -0.599. The van der Waals surface area contributed by atoms with Crippen molar-refractivity contribution in [3.8, 4) is 0 Å². The number of amides is 1. The topological polar surface area (TPSA) is 64.3 Å². The van der Waals surface area contributed by atoms with Crippen molar-refractivity contribution in [2.75, 3.05) is 6.54 Å². The summed E-state index contributed by atoms with van der Waals surface area (Å²) in [5.74, 6) is 0. The summed E-state index contributed by atoms with van der Waals surface area (Å²) in [5, 5.41) is 2.47. The highest BCUT2D eigenvalue weighted by atomic mass is 16.6. The van der Waals surface area contributed by atoms with E-state index >= 15 is 0 Å². The Morgan fingerprint density at radius 1 is 1.88 bits per heavy atom. The molecule has 1 saturated heterocycles. The monoisotopic (exact) mass is 116 g/mol. The first-order valence-electron chi connectivity index (χ1n) is 2.49. The summed E-state index contributed by atoms with van der Waals surface area (Å²) in [4.78, 5) is 10.3. The number of hydrogen-bond acceptors (Lipinski definition) is 3. The van der Waals surface area contributed by atoms with E-state index in [0.717, 1.165) is 0 Å². The number of carbonyl (C=O) groups excluding carboxylic acids is 1. The van der Waals surface area contributed by atoms with Crippen LogP contribution in [0.15, 0.2) is 0 Å². The molecule has 0 aromatic carbocycles. The predicted molar refractivity (Wildman–Crippen MR) is 27.1 cm³/mol. The van der Waals surface area contributed by atoms with Crippen LogP contribution < -0.4 is 11.1 Å². The van der Waals surface area contributed by atoms with E-state index < -0.39 is 12.3 Å². The molecule has 3 N–H and O–H groups in total. The maximum Gasteiger partial charge on any atom is 0.408 e. The number of nitrogens with two attached hydrogens (primary N) is 1. The minimum atomic E-state index is -0.413. The SMILES string of the molecule is NC1CCNC(=O)O1. The van der Waals surface area contributed by atoms with Crippen molar-refractivity contribution in [3.63, 3.8) is 0 Å². The van der Waals surface area contributed by atoms with Crippen LogP contribution in [0.4, 0.5) is 4.79 Å². The lowest BCUT2D eigenvalue weighted by atomic mass is 10.4. The number of cyclic esters (lactones) is 1. The van der Waals surface area contributed by atoms with Crippen LogP contribution in [0, 0.1) is 0 Å².